The molecule has 0 aliphatic carbocycles. The quantitative estimate of drug-likeness (QED) is 0.698. The van der Waals surface area contributed by atoms with Gasteiger partial charge in [0.2, 0.25) is 0 Å². The molecule has 1 heterocycles. The van der Waals surface area contributed by atoms with Gasteiger partial charge in [-0.3, -0.25) is 4.68 Å². The van der Waals surface area contributed by atoms with Gasteiger partial charge in [-0.05, 0) is 24.6 Å². The molecule has 124 valence electrons. The fourth-order valence-electron chi connectivity index (χ4n) is 2.11. The summed E-state index contributed by atoms with van der Waals surface area (Å²) >= 11 is 0. The van der Waals surface area contributed by atoms with Gasteiger partial charge in [0.25, 0.3) is 0 Å². The van der Waals surface area contributed by atoms with Gasteiger partial charge in [-0.25, -0.2) is 4.79 Å². The summed E-state index contributed by atoms with van der Waals surface area (Å²) in [6.07, 6.45) is 6.90. The summed E-state index contributed by atoms with van der Waals surface area (Å²) in [6.45, 7) is 4.04. The molecule has 1 aromatic carbocycles. The van der Waals surface area contributed by atoms with Crippen LogP contribution < -0.4 is 15.4 Å². The van der Waals surface area contributed by atoms with E-state index in [1.807, 2.05) is 41.2 Å². The zero-order valence-corrected chi connectivity index (χ0v) is 13.5. The summed E-state index contributed by atoms with van der Waals surface area (Å²) in [6, 6.07) is 9.07. The van der Waals surface area contributed by atoms with E-state index >= 15 is 0 Å². The highest BCUT2D eigenvalue weighted by Crippen LogP contribution is 2.17. The molecule has 2 rings (SSSR count). The molecule has 2 aromatic rings. The highest BCUT2D eigenvalue weighted by atomic mass is 16.5. The number of anilines is 1. The van der Waals surface area contributed by atoms with Crippen LogP contribution in [0.1, 0.15) is 26.2 Å². The average Bonchev–Trinajstić information content (AvgIpc) is 3.05. The van der Waals surface area contributed by atoms with Crippen molar-refractivity contribution in [3.8, 4) is 5.75 Å². The fraction of sp³-hybridized carbons (Fsp3) is 0.412. The first-order valence-electron chi connectivity index (χ1n) is 8.03. The van der Waals surface area contributed by atoms with Crippen molar-refractivity contribution in [1.82, 2.24) is 15.1 Å². The zero-order valence-electron chi connectivity index (χ0n) is 13.5. The van der Waals surface area contributed by atoms with E-state index in [1.165, 1.54) is 0 Å². The van der Waals surface area contributed by atoms with Crippen LogP contribution in [0.15, 0.2) is 42.7 Å². The van der Waals surface area contributed by atoms with Crippen molar-refractivity contribution in [2.75, 3.05) is 18.5 Å². The fourth-order valence-corrected chi connectivity index (χ4v) is 2.11. The number of nitrogens with one attached hydrogen (secondary N) is 2. The van der Waals surface area contributed by atoms with E-state index < -0.39 is 0 Å². The number of hydrogen-bond acceptors (Lipinski definition) is 3. The van der Waals surface area contributed by atoms with Crippen LogP contribution in [0.5, 0.6) is 5.75 Å². The molecule has 0 atom stereocenters. The molecule has 0 radical (unpaired) electrons. The van der Waals surface area contributed by atoms with Gasteiger partial charge >= 0.3 is 6.03 Å². The van der Waals surface area contributed by atoms with Crippen molar-refractivity contribution in [1.29, 1.82) is 0 Å². The SMILES string of the molecule is CCCCCNC(=O)Nc1cccc(OCCn2cccn2)c1. The normalized spacial score (nSPS) is 10.3. The summed E-state index contributed by atoms with van der Waals surface area (Å²) in [4.78, 5) is 11.8. The van der Waals surface area contributed by atoms with E-state index in [9.17, 15) is 4.79 Å². The first-order chi connectivity index (χ1) is 11.3. The number of urea groups is 1. The topological polar surface area (TPSA) is 68.2 Å². The molecule has 0 aliphatic heterocycles. The first kappa shape index (κ1) is 16.9. The van der Waals surface area contributed by atoms with Crippen LogP contribution in [-0.2, 0) is 6.54 Å². The van der Waals surface area contributed by atoms with Gasteiger partial charge in [0.1, 0.15) is 12.4 Å². The first-order valence-corrected chi connectivity index (χ1v) is 8.03. The maximum absolute atomic E-state index is 11.8. The second-order valence-corrected chi connectivity index (χ2v) is 5.23. The van der Waals surface area contributed by atoms with E-state index in [0.717, 1.165) is 30.7 Å². The van der Waals surface area contributed by atoms with Gasteiger partial charge in [-0.2, -0.15) is 5.10 Å². The van der Waals surface area contributed by atoms with E-state index in [2.05, 4.69) is 22.7 Å². The third kappa shape index (κ3) is 6.42. The van der Waals surface area contributed by atoms with E-state index in [-0.39, 0.29) is 6.03 Å². The lowest BCUT2D eigenvalue weighted by atomic mass is 10.2. The standard InChI is InChI=1S/C17H24N4O2/c1-2-3-4-9-18-17(22)20-15-7-5-8-16(14-15)23-13-12-21-11-6-10-19-21/h5-8,10-11,14H,2-4,9,12-13H2,1H3,(H2,18,20,22). The molecular formula is C17H24N4O2. The zero-order chi connectivity index (χ0) is 16.3. The van der Waals surface area contributed by atoms with Gasteiger partial charge in [0, 0.05) is 30.7 Å². The van der Waals surface area contributed by atoms with Crippen LogP contribution in [0.4, 0.5) is 10.5 Å². The van der Waals surface area contributed by atoms with Gasteiger partial charge < -0.3 is 15.4 Å². The Kier molecular flexibility index (Phi) is 6.97. The molecule has 0 saturated heterocycles. The van der Waals surface area contributed by atoms with Gasteiger partial charge in [0.15, 0.2) is 0 Å². The Labute approximate surface area is 136 Å². The number of carbonyl (C=O) groups excluding carboxylic acids is 1. The molecule has 0 saturated carbocycles. The predicted molar refractivity (Wildman–Crippen MR) is 90.7 cm³/mol. The minimum Gasteiger partial charge on any atom is -0.492 e. The molecule has 6 nitrogen and oxygen atoms in total. The molecule has 2 N–H and O–H groups in total. The monoisotopic (exact) mass is 316 g/mol. The number of rotatable bonds is 9. The minimum absolute atomic E-state index is 0.185. The van der Waals surface area contributed by atoms with Crippen LogP contribution >= 0.6 is 0 Å². The Morgan fingerprint density at radius 2 is 2.22 bits per heavy atom. The average molecular weight is 316 g/mol. The van der Waals surface area contributed by atoms with Crippen molar-refractivity contribution in [3.05, 3.63) is 42.7 Å². The summed E-state index contributed by atoms with van der Waals surface area (Å²) < 4.78 is 7.49. The molecule has 0 bridgehead atoms. The van der Waals surface area contributed by atoms with Crippen LogP contribution in [-0.4, -0.2) is 29.0 Å². The molecular weight excluding hydrogens is 292 g/mol. The summed E-state index contributed by atoms with van der Waals surface area (Å²) in [7, 11) is 0. The Morgan fingerprint density at radius 3 is 3.00 bits per heavy atom. The third-order valence-electron chi connectivity index (χ3n) is 3.31. The predicted octanol–water partition coefficient (Wildman–Crippen LogP) is 3.27. The van der Waals surface area contributed by atoms with Crippen LogP contribution in [0.25, 0.3) is 0 Å². The summed E-state index contributed by atoms with van der Waals surface area (Å²) in [5, 5.41) is 9.78. The number of ether oxygens (including phenoxy) is 1. The summed E-state index contributed by atoms with van der Waals surface area (Å²) in [5.41, 5.74) is 0.717. The molecule has 0 spiro atoms. The van der Waals surface area contributed by atoms with E-state index in [1.54, 1.807) is 6.20 Å². The lowest BCUT2D eigenvalue weighted by Gasteiger charge is -2.10. The van der Waals surface area contributed by atoms with Crippen molar-refractivity contribution >= 4 is 11.7 Å². The molecule has 0 fully saturated rings. The molecule has 6 heteroatoms. The Morgan fingerprint density at radius 1 is 1.30 bits per heavy atom. The number of benzene rings is 1. The number of carbonyl (C=O) groups is 1. The van der Waals surface area contributed by atoms with Gasteiger partial charge in [-0.15, -0.1) is 0 Å². The van der Waals surface area contributed by atoms with E-state index in [0.29, 0.717) is 19.7 Å². The Balaban J connectivity index is 1.74. The van der Waals surface area contributed by atoms with Gasteiger partial charge in [0.05, 0.1) is 6.54 Å². The number of aromatic nitrogens is 2. The van der Waals surface area contributed by atoms with E-state index in [4.69, 9.17) is 4.74 Å². The van der Waals surface area contributed by atoms with Crippen molar-refractivity contribution < 1.29 is 9.53 Å². The van der Waals surface area contributed by atoms with Gasteiger partial charge in [-0.1, -0.05) is 25.8 Å². The number of nitrogens with zero attached hydrogens (tertiary/aromatic N) is 2. The Hall–Kier alpha value is -2.50. The molecule has 1 aromatic heterocycles. The highest BCUT2D eigenvalue weighted by Gasteiger charge is 2.02. The third-order valence-corrected chi connectivity index (χ3v) is 3.31. The van der Waals surface area contributed by atoms with Crippen molar-refractivity contribution in [2.24, 2.45) is 0 Å². The van der Waals surface area contributed by atoms with Crippen LogP contribution in [0, 0.1) is 0 Å². The molecule has 0 unspecified atom stereocenters. The molecule has 23 heavy (non-hydrogen) atoms. The maximum Gasteiger partial charge on any atom is 0.319 e. The smallest absolute Gasteiger partial charge is 0.319 e. The maximum atomic E-state index is 11.8. The van der Waals surface area contributed by atoms with Crippen molar-refractivity contribution in [3.63, 3.8) is 0 Å². The number of amides is 2. The second-order valence-electron chi connectivity index (χ2n) is 5.23. The van der Waals surface area contributed by atoms with Crippen molar-refractivity contribution in [2.45, 2.75) is 32.7 Å². The summed E-state index contributed by atoms with van der Waals surface area (Å²) in [5.74, 6) is 0.723. The van der Waals surface area contributed by atoms with Crippen LogP contribution in [0.2, 0.25) is 0 Å². The lowest BCUT2D eigenvalue weighted by molar-refractivity contribution is 0.252. The molecule has 0 aliphatic rings. The minimum atomic E-state index is -0.185. The highest BCUT2D eigenvalue weighted by molar-refractivity contribution is 5.89. The van der Waals surface area contributed by atoms with Crippen LogP contribution in [0.3, 0.4) is 0 Å². The largest absolute Gasteiger partial charge is 0.492 e. The molecule has 2 amide bonds. The lowest BCUT2D eigenvalue weighted by Crippen LogP contribution is -2.29. The Bertz CT molecular complexity index is 584. The second kappa shape index (κ2) is 9.50. The number of unbranched alkanes of at least 4 members (excludes halogenated alkanes) is 2. The number of hydrogen-bond donors (Lipinski definition) is 2.